The Kier molecular flexibility index (Phi) is 4.88. The average Bonchev–Trinajstić information content (AvgIpc) is 2.85. The lowest BCUT2D eigenvalue weighted by Gasteiger charge is -2.20. The molecule has 5 heteroatoms. The number of carbonyl (C=O) groups excluding carboxylic acids is 1. The molecule has 0 aliphatic carbocycles. The van der Waals surface area contributed by atoms with Crippen LogP contribution in [0.5, 0.6) is 0 Å². The van der Waals surface area contributed by atoms with E-state index in [0.29, 0.717) is 31.0 Å². The number of rotatable bonds is 5. The summed E-state index contributed by atoms with van der Waals surface area (Å²) in [5.74, 6) is -0.770. The Labute approximate surface area is 129 Å². The van der Waals surface area contributed by atoms with Gasteiger partial charge in [-0.05, 0) is 43.9 Å². The van der Waals surface area contributed by atoms with Gasteiger partial charge in [0.2, 0.25) is 5.91 Å². The highest BCUT2D eigenvalue weighted by Crippen LogP contribution is 2.30. The highest BCUT2D eigenvalue weighted by atomic mass is 35.5. The fourth-order valence-corrected chi connectivity index (χ4v) is 2.73. The molecule has 4 nitrogen and oxygen atoms in total. The van der Waals surface area contributed by atoms with Gasteiger partial charge in [-0.15, -0.1) is 0 Å². The maximum Gasteiger partial charge on any atom is 0.311 e. The van der Waals surface area contributed by atoms with E-state index >= 15 is 0 Å². The number of halogens is 1. The minimum atomic E-state index is -0.820. The van der Waals surface area contributed by atoms with E-state index in [1.807, 2.05) is 24.3 Å². The lowest BCUT2D eigenvalue weighted by Crippen LogP contribution is -2.34. The number of carboxylic acid groups (broad SMARTS) is 1. The van der Waals surface area contributed by atoms with Gasteiger partial charge in [0.1, 0.15) is 0 Å². The van der Waals surface area contributed by atoms with Crippen molar-refractivity contribution in [2.45, 2.75) is 32.6 Å². The van der Waals surface area contributed by atoms with E-state index in [4.69, 9.17) is 11.6 Å². The van der Waals surface area contributed by atoms with Gasteiger partial charge in [-0.3, -0.25) is 9.59 Å². The van der Waals surface area contributed by atoms with Crippen molar-refractivity contribution in [3.63, 3.8) is 0 Å². The van der Waals surface area contributed by atoms with E-state index < -0.39 is 11.4 Å². The third-order valence-corrected chi connectivity index (χ3v) is 4.36. The smallest absolute Gasteiger partial charge is 0.311 e. The van der Waals surface area contributed by atoms with Crippen LogP contribution in [-0.2, 0) is 16.0 Å². The number of aliphatic carboxylic acids is 1. The van der Waals surface area contributed by atoms with Gasteiger partial charge < -0.3 is 10.0 Å². The van der Waals surface area contributed by atoms with Crippen molar-refractivity contribution < 1.29 is 14.7 Å². The Morgan fingerprint density at radius 1 is 1.33 bits per heavy atom. The Morgan fingerprint density at radius 3 is 2.57 bits per heavy atom. The predicted molar refractivity (Wildman–Crippen MR) is 81.3 cm³/mol. The van der Waals surface area contributed by atoms with Crippen molar-refractivity contribution in [1.29, 1.82) is 0 Å². The van der Waals surface area contributed by atoms with Crippen LogP contribution >= 0.6 is 11.6 Å². The first-order chi connectivity index (χ1) is 9.90. The van der Waals surface area contributed by atoms with Crippen molar-refractivity contribution in [3.05, 3.63) is 34.9 Å². The maximum absolute atomic E-state index is 12.1. The highest BCUT2D eigenvalue weighted by Gasteiger charge is 2.41. The maximum atomic E-state index is 12.1. The summed E-state index contributed by atoms with van der Waals surface area (Å²) in [7, 11) is 0. The van der Waals surface area contributed by atoms with Crippen LogP contribution in [0.25, 0.3) is 0 Å². The molecule has 2 rings (SSSR count). The van der Waals surface area contributed by atoms with Gasteiger partial charge in [0.05, 0.1) is 5.41 Å². The third kappa shape index (κ3) is 3.97. The molecular formula is C16H20ClNO3. The molecule has 1 amide bonds. The number of likely N-dealkylation sites (tertiary alicyclic amines) is 1. The van der Waals surface area contributed by atoms with Gasteiger partial charge in [0.15, 0.2) is 0 Å². The number of carboxylic acids is 1. The highest BCUT2D eigenvalue weighted by molar-refractivity contribution is 6.30. The molecule has 0 spiro atoms. The summed E-state index contributed by atoms with van der Waals surface area (Å²) in [5.41, 5.74) is 0.371. The summed E-state index contributed by atoms with van der Waals surface area (Å²) in [6.07, 6.45) is 2.58. The van der Waals surface area contributed by atoms with Crippen molar-refractivity contribution in [2.75, 3.05) is 13.1 Å². The second-order valence-electron chi connectivity index (χ2n) is 5.91. The molecule has 0 aromatic heterocycles. The largest absolute Gasteiger partial charge is 0.481 e. The van der Waals surface area contributed by atoms with Gasteiger partial charge in [-0.1, -0.05) is 23.7 Å². The Bertz CT molecular complexity index is 529. The number of nitrogens with zero attached hydrogens (tertiary/aromatic N) is 1. The molecular weight excluding hydrogens is 290 g/mol. The Hall–Kier alpha value is -1.55. The van der Waals surface area contributed by atoms with Crippen LogP contribution < -0.4 is 0 Å². The fraction of sp³-hybridized carbons (Fsp3) is 0.500. The third-order valence-electron chi connectivity index (χ3n) is 4.11. The number of benzene rings is 1. The molecule has 1 atom stereocenters. The monoisotopic (exact) mass is 309 g/mol. The van der Waals surface area contributed by atoms with Crippen LogP contribution in [0.15, 0.2) is 24.3 Å². The first-order valence-electron chi connectivity index (χ1n) is 7.16. The zero-order valence-electron chi connectivity index (χ0n) is 12.1. The zero-order chi connectivity index (χ0) is 15.5. The number of hydrogen-bond donors (Lipinski definition) is 1. The molecule has 21 heavy (non-hydrogen) atoms. The van der Waals surface area contributed by atoms with Gasteiger partial charge in [-0.25, -0.2) is 0 Å². The number of aryl methyl sites for hydroxylation is 1. The second-order valence-corrected chi connectivity index (χ2v) is 6.35. The van der Waals surface area contributed by atoms with Gasteiger partial charge in [-0.2, -0.15) is 0 Å². The van der Waals surface area contributed by atoms with E-state index in [0.717, 1.165) is 18.4 Å². The molecule has 1 aliphatic rings. The molecule has 1 heterocycles. The molecule has 0 unspecified atom stereocenters. The number of hydrogen-bond acceptors (Lipinski definition) is 2. The van der Waals surface area contributed by atoms with Gasteiger partial charge in [0, 0.05) is 24.5 Å². The number of amides is 1. The van der Waals surface area contributed by atoms with E-state index in [1.54, 1.807) is 11.8 Å². The molecule has 0 saturated carbocycles. The van der Waals surface area contributed by atoms with Crippen molar-refractivity contribution in [3.8, 4) is 0 Å². The van der Waals surface area contributed by atoms with Crippen molar-refractivity contribution in [1.82, 2.24) is 4.90 Å². The van der Waals surface area contributed by atoms with Crippen LogP contribution in [-0.4, -0.2) is 35.0 Å². The second kappa shape index (κ2) is 6.48. The van der Waals surface area contributed by atoms with Crippen LogP contribution in [0, 0.1) is 5.41 Å². The quantitative estimate of drug-likeness (QED) is 0.909. The first-order valence-corrected chi connectivity index (χ1v) is 7.54. The van der Waals surface area contributed by atoms with Crippen LogP contribution in [0.1, 0.15) is 31.7 Å². The molecule has 1 N–H and O–H groups in total. The lowest BCUT2D eigenvalue weighted by molar-refractivity contribution is -0.147. The Balaban J connectivity index is 1.78. The summed E-state index contributed by atoms with van der Waals surface area (Å²) >= 11 is 5.83. The summed E-state index contributed by atoms with van der Waals surface area (Å²) in [6.45, 7) is 2.57. The molecule has 1 aromatic rings. The normalized spacial score (nSPS) is 21.5. The molecule has 114 valence electrons. The average molecular weight is 310 g/mol. The molecule has 1 aromatic carbocycles. The van der Waals surface area contributed by atoms with E-state index in [1.165, 1.54) is 0 Å². The van der Waals surface area contributed by atoms with Crippen LogP contribution in [0.3, 0.4) is 0 Å². The zero-order valence-corrected chi connectivity index (χ0v) is 12.9. The topological polar surface area (TPSA) is 57.6 Å². The molecule has 0 bridgehead atoms. The minimum absolute atomic E-state index is 0.0499. The molecule has 1 saturated heterocycles. The summed E-state index contributed by atoms with van der Waals surface area (Å²) < 4.78 is 0. The SMILES string of the molecule is C[C@@]1(C(=O)O)CCN(C(=O)CCCc2ccc(Cl)cc2)C1. The molecule has 0 radical (unpaired) electrons. The first kappa shape index (κ1) is 15.8. The molecule has 1 fully saturated rings. The predicted octanol–water partition coefficient (Wildman–Crippen LogP) is 2.99. The van der Waals surface area contributed by atoms with E-state index in [2.05, 4.69) is 0 Å². The van der Waals surface area contributed by atoms with Gasteiger partial charge >= 0.3 is 5.97 Å². The van der Waals surface area contributed by atoms with Crippen LogP contribution in [0.2, 0.25) is 5.02 Å². The summed E-state index contributed by atoms with van der Waals surface area (Å²) in [6, 6.07) is 7.61. The van der Waals surface area contributed by atoms with Crippen LogP contribution in [0.4, 0.5) is 0 Å². The van der Waals surface area contributed by atoms with Gasteiger partial charge in [0.25, 0.3) is 0 Å². The standard InChI is InChI=1S/C16H20ClNO3/c1-16(15(20)21)9-10-18(11-16)14(19)4-2-3-12-5-7-13(17)8-6-12/h5-8H,2-4,9-11H2,1H3,(H,20,21)/t16-/m1/s1. The number of carbonyl (C=O) groups is 2. The summed E-state index contributed by atoms with van der Waals surface area (Å²) in [5, 5.41) is 9.88. The Morgan fingerprint density at radius 2 is 2.00 bits per heavy atom. The fourth-order valence-electron chi connectivity index (χ4n) is 2.60. The van der Waals surface area contributed by atoms with Crippen molar-refractivity contribution in [2.24, 2.45) is 5.41 Å². The molecule has 1 aliphatic heterocycles. The van der Waals surface area contributed by atoms with E-state index in [9.17, 15) is 14.7 Å². The van der Waals surface area contributed by atoms with Crippen molar-refractivity contribution >= 4 is 23.5 Å². The lowest BCUT2D eigenvalue weighted by atomic mass is 9.90. The van der Waals surface area contributed by atoms with E-state index in [-0.39, 0.29) is 5.91 Å². The summed E-state index contributed by atoms with van der Waals surface area (Å²) in [4.78, 5) is 25.0. The minimum Gasteiger partial charge on any atom is -0.481 e.